The van der Waals surface area contributed by atoms with Crippen LogP contribution in [0.2, 0.25) is 0 Å². The Kier molecular flexibility index (Phi) is 6.03. The summed E-state index contributed by atoms with van der Waals surface area (Å²) in [6.45, 7) is 12.4. The third-order valence-electron chi connectivity index (χ3n) is 1.92. The second-order valence-electron chi connectivity index (χ2n) is 3.33. The van der Waals surface area contributed by atoms with Gasteiger partial charge >= 0.3 is 0 Å². The number of nitrogens with zero attached hydrogens (tertiary/aromatic N) is 1. The summed E-state index contributed by atoms with van der Waals surface area (Å²) in [5, 5.41) is 0. The number of hydrogen-bond acceptors (Lipinski definition) is 2. The predicted molar refractivity (Wildman–Crippen MR) is 54.9 cm³/mol. The molecule has 0 saturated heterocycles. The topological polar surface area (TPSA) is 29.3 Å². The standard InChI is InChI=1S/C10H22N2/c1-5-7-12(8-6-2)10(11)9(3)4/h10H,3,5-8,11H2,1-2,4H3. The molecule has 0 radical (unpaired) electrons. The Morgan fingerprint density at radius 1 is 1.33 bits per heavy atom. The van der Waals surface area contributed by atoms with Crippen LogP contribution in [0.5, 0.6) is 0 Å². The maximum atomic E-state index is 5.96. The summed E-state index contributed by atoms with van der Waals surface area (Å²) in [5.41, 5.74) is 7.01. The van der Waals surface area contributed by atoms with Crippen LogP contribution in [0.4, 0.5) is 0 Å². The Hall–Kier alpha value is -0.340. The molecule has 12 heavy (non-hydrogen) atoms. The third kappa shape index (κ3) is 3.88. The Morgan fingerprint density at radius 3 is 2.00 bits per heavy atom. The number of hydrogen-bond donors (Lipinski definition) is 1. The first-order valence-corrected chi connectivity index (χ1v) is 4.78. The van der Waals surface area contributed by atoms with Gasteiger partial charge in [0, 0.05) is 0 Å². The molecule has 0 fully saturated rings. The van der Waals surface area contributed by atoms with Gasteiger partial charge in [0.15, 0.2) is 0 Å². The van der Waals surface area contributed by atoms with Gasteiger partial charge in [-0.1, -0.05) is 20.4 Å². The van der Waals surface area contributed by atoms with Crippen molar-refractivity contribution in [2.75, 3.05) is 13.1 Å². The maximum absolute atomic E-state index is 5.96. The summed E-state index contributed by atoms with van der Waals surface area (Å²) in [6, 6.07) is 0. The van der Waals surface area contributed by atoms with Gasteiger partial charge in [0.25, 0.3) is 0 Å². The number of rotatable bonds is 6. The molecule has 72 valence electrons. The van der Waals surface area contributed by atoms with Crippen LogP contribution in [0.25, 0.3) is 0 Å². The molecular formula is C10H22N2. The van der Waals surface area contributed by atoms with Gasteiger partial charge in [-0.05, 0) is 38.4 Å². The van der Waals surface area contributed by atoms with Crippen molar-refractivity contribution >= 4 is 0 Å². The molecule has 0 aliphatic heterocycles. The van der Waals surface area contributed by atoms with Crippen LogP contribution in [0, 0.1) is 0 Å². The molecular weight excluding hydrogens is 148 g/mol. The molecule has 0 spiro atoms. The predicted octanol–water partition coefficient (Wildman–Crippen LogP) is 1.97. The SMILES string of the molecule is C=C(C)C(N)N(CCC)CCC. The second kappa shape index (κ2) is 6.21. The van der Waals surface area contributed by atoms with Gasteiger partial charge in [0.1, 0.15) is 0 Å². The van der Waals surface area contributed by atoms with E-state index in [4.69, 9.17) is 5.73 Å². The van der Waals surface area contributed by atoms with Crippen molar-refractivity contribution in [3.8, 4) is 0 Å². The Balaban J connectivity index is 3.98. The van der Waals surface area contributed by atoms with Gasteiger partial charge in [-0.25, -0.2) is 0 Å². The van der Waals surface area contributed by atoms with Crippen molar-refractivity contribution in [2.24, 2.45) is 5.73 Å². The van der Waals surface area contributed by atoms with Crippen molar-refractivity contribution in [3.05, 3.63) is 12.2 Å². The molecule has 0 bridgehead atoms. The molecule has 2 N–H and O–H groups in total. The molecule has 0 aliphatic carbocycles. The van der Waals surface area contributed by atoms with Crippen LogP contribution < -0.4 is 5.73 Å². The Morgan fingerprint density at radius 2 is 1.75 bits per heavy atom. The van der Waals surface area contributed by atoms with E-state index in [-0.39, 0.29) is 6.17 Å². The van der Waals surface area contributed by atoms with Crippen molar-refractivity contribution in [3.63, 3.8) is 0 Å². The minimum absolute atomic E-state index is 0.0462. The normalized spacial score (nSPS) is 13.4. The molecule has 0 amide bonds. The van der Waals surface area contributed by atoms with Crippen LogP contribution in [-0.2, 0) is 0 Å². The molecule has 0 heterocycles. The van der Waals surface area contributed by atoms with Crippen molar-refractivity contribution in [2.45, 2.75) is 39.8 Å². The zero-order chi connectivity index (χ0) is 9.56. The van der Waals surface area contributed by atoms with Gasteiger partial charge < -0.3 is 5.73 Å². The first kappa shape index (κ1) is 11.7. The molecule has 1 unspecified atom stereocenters. The fraction of sp³-hybridized carbons (Fsp3) is 0.800. The monoisotopic (exact) mass is 170 g/mol. The van der Waals surface area contributed by atoms with E-state index < -0.39 is 0 Å². The summed E-state index contributed by atoms with van der Waals surface area (Å²) < 4.78 is 0. The third-order valence-corrected chi connectivity index (χ3v) is 1.92. The van der Waals surface area contributed by atoms with Gasteiger partial charge in [-0.3, -0.25) is 4.90 Å². The van der Waals surface area contributed by atoms with E-state index in [1.807, 2.05) is 6.92 Å². The van der Waals surface area contributed by atoms with E-state index in [0.29, 0.717) is 0 Å². The van der Waals surface area contributed by atoms with Crippen molar-refractivity contribution in [1.82, 2.24) is 4.90 Å². The Labute approximate surface area is 76.4 Å². The minimum Gasteiger partial charge on any atom is -0.312 e. The molecule has 0 rings (SSSR count). The highest BCUT2D eigenvalue weighted by Crippen LogP contribution is 2.04. The summed E-state index contributed by atoms with van der Waals surface area (Å²) >= 11 is 0. The van der Waals surface area contributed by atoms with E-state index >= 15 is 0 Å². The Bertz CT molecular complexity index is 126. The van der Waals surface area contributed by atoms with Crippen LogP contribution in [0.3, 0.4) is 0 Å². The highest BCUT2D eigenvalue weighted by atomic mass is 15.2. The first-order chi connectivity index (χ1) is 5.63. The lowest BCUT2D eigenvalue weighted by molar-refractivity contribution is 0.225. The molecule has 0 aromatic heterocycles. The first-order valence-electron chi connectivity index (χ1n) is 4.78. The average Bonchev–Trinajstić information content (AvgIpc) is 2.03. The van der Waals surface area contributed by atoms with Crippen LogP contribution >= 0.6 is 0 Å². The second-order valence-corrected chi connectivity index (χ2v) is 3.33. The smallest absolute Gasteiger partial charge is 0.0788 e. The summed E-state index contributed by atoms with van der Waals surface area (Å²) in [4.78, 5) is 2.28. The zero-order valence-electron chi connectivity index (χ0n) is 8.64. The lowest BCUT2D eigenvalue weighted by Gasteiger charge is -2.28. The fourth-order valence-electron chi connectivity index (χ4n) is 1.28. The summed E-state index contributed by atoms with van der Waals surface area (Å²) in [7, 11) is 0. The quantitative estimate of drug-likeness (QED) is 0.488. The molecule has 0 aromatic rings. The van der Waals surface area contributed by atoms with Crippen LogP contribution in [0.1, 0.15) is 33.6 Å². The van der Waals surface area contributed by atoms with Gasteiger partial charge in [-0.15, -0.1) is 0 Å². The molecule has 0 aliphatic rings. The van der Waals surface area contributed by atoms with E-state index in [2.05, 4.69) is 25.3 Å². The van der Waals surface area contributed by atoms with Crippen LogP contribution in [-0.4, -0.2) is 24.2 Å². The van der Waals surface area contributed by atoms with Crippen molar-refractivity contribution < 1.29 is 0 Å². The molecule has 1 atom stereocenters. The minimum atomic E-state index is 0.0462. The van der Waals surface area contributed by atoms with Crippen molar-refractivity contribution in [1.29, 1.82) is 0 Å². The molecule has 2 nitrogen and oxygen atoms in total. The van der Waals surface area contributed by atoms with Gasteiger partial charge in [0.05, 0.1) is 6.17 Å². The van der Waals surface area contributed by atoms with Gasteiger partial charge in [-0.2, -0.15) is 0 Å². The lowest BCUT2D eigenvalue weighted by atomic mass is 10.2. The lowest BCUT2D eigenvalue weighted by Crippen LogP contribution is -2.43. The summed E-state index contributed by atoms with van der Waals surface area (Å²) in [6.07, 6.45) is 2.35. The summed E-state index contributed by atoms with van der Waals surface area (Å²) in [5.74, 6) is 0. The number of nitrogens with two attached hydrogens (primary N) is 1. The fourth-order valence-corrected chi connectivity index (χ4v) is 1.28. The highest BCUT2D eigenvalue weighted by molar-refractivity contribution is 4.98. The largest absolute Gasteiger partial charge is 0.312 e. The van der Waals surface area contributed by atoms with E-state index in [1.165, 1.54) is 0 Å². The maximum Gasteiger partial charge on any atom is 0.0788 e. The zero-order valence-corrected chi connectivity index (χ0v) is 8.64. The molecule has 2 heteroatoms. The highest BCUT2D eigenvalue weighted by Gasteiger charge is 2.11. The molecule has 0 aromatic carbocycles. The average molecular weight is 170 g/mol. The van der Waals surface area contributed by atoms with Crippen LogP contribution in [0.15, 0.2) is 12.2 Å². The van der Waals surface area contributed by atoms with E-state index in [1.54, 1.807) is 0 Å². The van der Waals surface area contributed by atoms with E-state index in [9.17, 15) is 0 Å². The van der Waals surface area contributed by atoms with Gasteiger partial charge in [0.2, 0.25) is 0 Å². The van der Waals surface area contributed by atoms with E-state index in [0.717, 1.165) is 31.5 Å². The molecule has 0 saturated carbocycles.